The van der Waals surface area contributed by atoms with Gasteiger partial charge in [0.1, 0.15) is 11.6 Å². The summed E-state index contributed by atoms with van der Waals surface area (Å²) in [7, 11) is 0. The van der Waals surface area contributed by atoms with E-state index in [9.17, 15) is 5.26 Å². The number of hydrogen-bond acceptors (Lipinski definition) is 6. The van der Waals surface area contributed by atoms with Crippen LogP contribution in [0.5, 0.6) is 0 Å². The summed E-state index contributed by atoms with van der Waals surface area (Å²) in [6, 6.07) is 6.69. The molecule has 0 saturated carbocycles. The van der Waals surface area contributed by atoms with Crippen LogP contribution in [0.25, 0.3) is 0 Å². The maximum absolute atomic E-state index is 9.35. The summed E-state index contributed by atoms with van der Waals surface area (Å²) in [5, 5.41) is 18.8. The first-order valence-electron chi connectivity index (χ1n) is 12.0. The molecule has 6 heteroatoms. The lowest BCUT2D eigenvalue weighted by Crippen LogP contribution is -2.48. The van der Waals surface area contributed by atoms with E-state index < -0.39 is 0 Å². The van der Waals surface area contributed by atoms with Gasteiger partial charge in [0.15, 0.2) is 5.00 Å². The third kappa shape index (κ3) is 5.38. The first-order chi connectivity index (χ1) is 15.3. The van der Waals surface area contributed by atoms with Gasteiger partial charge in [0.25, 0.3) is 0 Å². The van der Waals surface area contributed by atoms with Crippen molar-refractivity contribution in [2.45, 2.75) is 97.9 Å². The molecule has 172 valence electrons. The summed E-state index contributed by atoms with van der Waals surface area (Å²) in [5.41, 5.74) is 6.09. The van der Waals surface area contributed by atoms with Gasteiger partial charge in [0.2, 0.25) is 0 Å². The Morgan fingerprint density at radius 1 is 1.16 bits per heavy atom. The third-order valence-corrected chi connectivity index (χ3v) is 7.47. The van der Waals surface area contributed by atoms with Crippen molar-refractivity contribution in [2.75, 3.05) is 11.4 Å². The summed E-state index contributed by atoms with van der Waals surface area (Å²) in [5.74, 6) is 0.468. The van der Waals surface area contributed by atoms with Gasteiger partial charge in [-0.1, -0.05) is 46.0 Å². The smallest absolute Gasteiger partial charge is 0.176 e. The summed E-state index contributed by atoms with van der Waals surface area (Å²) in [6.07, 6.45) is 9.01. The van der Waals surface area contributed by atoms with Crippen molar-refractivity contribution in [1.29, 1.82) is 5.26 Å². The maximum Gasteiger partial charge on any atom is 0.176 e. The predicted octanol–water partition coefficient (Wildman–Crippen LogP) is 8.50. The minimum Gasteiger partial charge on any atom is -0.366 e. The van der Waals surface area contributed by atoms with E-state index in [4.69, 9.17) is 0 Å². The first-order valence-corrected chi connectivity index (χ1v) is 12.8. The average molecular weight is 452 g/mol. The number of aromatic nitrogens is 1. The van der Waals surface area contributed by atoms with Gasteiger partial charge in [0.05, 0.1) is 11.4 Å². The van der Waals surface area contributed by atoms with Gasteiger partial charge < -0.3 is 4.90 Å². The Morgan fingerprint density at radius 3 is 2.59 bits per heavy atom. The number of aryl methyl sites for hydroxylation is 2. The summed E-state index contributed by atoms with van der Waals surface area (Å²) >= 11 is 1.23. The Morgan fingerprint density at radius 2 is 1.88 bits per heavy atom. The fourth-order valence-electron chi connectivity index (χ4n) is 4.86. The number of unbranched alkanes of at least 4 members (excludes halogenated alkanes) is 5. The van der Waals surface area contributed by atoms with Crippen molar-refractivity contribution >= 4 is 27.9 Å². The molecule has 0 fully saturated rings. The van der Waals surface area contributed by atoms with E-state index in [0.29, 0.717) is 16.5 Å². The molecule has 1 aromatic heterocycles. The lowest BCUT2D eigenvalue weighted by Gasteiger charge is -2.48. The number of fused-ring (bicyclic) bond motifs is 1. The minimum atomic E-state index is 0.146. The zero-order valence-electron chi connectivity index (χ0n) is 20.5. The van der Waals surface area contributed by atoms with Crippen LogP contribution >= 0.6 is 11.5 Å². The third-order valence-electron chi connectivity index (χ3n) is 6.64. The van der Waals surface area contributed by atoms with Crippen LogP contribution in [0.2, 0.25) is 0 Å². The molecule has 1 unspecified atom stereocenters. The van der Waals surface area contributed by atoms with Gasteiger partial charge in [-0.3, -0.25) is 0 Å². The highest BCUT2D eigenvalue weighted by atomic mass is 32.1. The molecule has 0 aliphatic carbocycles. The zero-order chi connectivity index (χ0) is 23.3. The van der Waals surface area contributed by atoms with E-state index in [1.165, 1.54) is 61.3 Å². The Bertz CT molecular complexity index is 998. The number of azo groups is 1. The van der Waals surface area contributed by atoms with E-state index in [2.05, 4.69) is 72.3 Å². The highest BCUT2D eigenvalue weighted by molar-refractivity contribution is 7.10. The Balaban J connectivity index is 1.84. The van der Waals surface area contributed by atoms with Crippen LogP contribution in [0.4, 0.5) is 16.4 Å². The Kier molecular flexibility index (Phi) is 8.05. The van der Waals surface area contributed by atoms with E-state index in [0.717, 1.165) is 29.9 Å². The van der Waals surface area contributed by atoms with Crippen LogP contribution in [0.15, 0.2) is 22.4 Å². The van der Waals surface area contributed by atoms with Crippen molar-refractivity contribution < 1.29 is 0 Å². The van der Waals surface area contributed by atoms with Crippen molar-refractivity contribution in [3.8, 4) is 6.07 Å². The van der Waals surface area contributed by atoms with Crippen LogP contribution < -0.4 is 4.90 Å². The normalized spacial score (nSPS) is 17.5. The molecule has 0 N–H and O–H groups in total. The monoisotopic (exact) mass is 451 g/mol. The van der Waals surface area contributed by atoms with Crippen LogP contribution in [0.1, 0.15) is 101 Å². The maximum atomic E-state index is 9.35. The lowest BCUT2D eigenvalue weighted by molar-refractivity contribution is 0.372. The quantitative estimate of drug-likeness (QED) is 0.283. The molecule has 2 aromatic rings. The summed E-state index contributed by atoms with van der Waals surface area (Å²) < 4.78 is 4.24. The molecule has 1 atom stereocenters. The topological polar surface area (TPSA) is 64.6 Å². The number of anilines is 1. The molecule has 1 aromatic carbocycles. The zero-order valence-corrected chi connectivity index (χ0v) is 21.3. The molecule has 0 radical (unpaired) electrons. The highest BCUT2D eigenvalue weighted by Crippen LogP contribution is 2.46. The van der Waals surface area contributed by atoms with Crippen molar-refractivity contribution in [3.05, 3.63) is 34.5 Å². The standard InChI is InChI=1S/C26H37N5S/c1-7-8-9-10-11-12-13-31-24-14-18(2)23(15-21(24)19(3)16-26(31,5)6)28-29-25-22(17-27)20(4)30-32-25/h14-15,19H,7-13,16H2,1-6H3. The Labute approximate surface area is 197 Å². The lowest BCUT2D eigenvalue weighted by atomic mass is 9.79. The number of nitrogens with zero attached hydrogens (tertiary/aromatic N) is 5. The second kappa shape index (κ2) is 10.6. The molecule has 0 bridgehead atoms. The molecule has 1 aliphatic rings. The predicted molar refractivity (Wildman–Crippen MR) is 135 cm³/mol. The number of benzene rings is 1. The van der Waals surface area contributed by atoms with Gasteiger partial charge in [-0.2, -0.15) is 9.64 Å². The van der Waals surface area contributed by atoms with Gasteiger partial charge >= 0.3 is 0 Å². The number of rotatable bonds is 9. The number of hydrogen-bond donors (Lipinski definition) is 0. The van der Waals surface area contributed by atoms with E-state index >= 15 is 0 Å². The van der Waals surface area contributed by atoms with Crippen molar-refractivity contribution in [1.82, 2.24) is 4.37 Å². The van der Waals surface area contributed by atoms with E-state index in [1.54, 1.807) is 0 Å². The van der Waals surface area contributed by atoms with Gasteiger partial charge in [-0.15, -0.1) is 10.2 Å². The van der Waals surface area contributed by atoms with Crippen LogP contribution in [0.3, 0.4) is 0 Å². The van der Waals surface area contributed by atoms with Gasteiger partial charge in [0, 0.05) is 17.8 Å². The average Bonchev–Trinajstić information content (AvgIpc) is 3.10. The molecule has 0 saturated heterocycles. The molecular formula is C26H37N5S. The molecule has 5 nitrogen and oxygen atoms in total. The second-order valence-electron chi connectivity index (χ2n) is 9.79. The van der Waals surface area contributed by atoms with Crippen LogP contribution in [-0.2, 0) is 0 Å². The highest BCUT2D eigenvalue weighted by Gasteiger charge is 2.36. The second-order valence-corrected chi connectivity index (χ2v) is 10.5. The van der Waals surface area contributed by atoms with Crippen molar-refractivity contribution in [2.24, 2.45) is 10.2 Å². The fraction of sp³-hybridized carbons (Fsp3) is 0.615. The van der Waals surface area contributed by atoms with E-state index in [1.807, 2.05) is 6.92 Å². The fourth-order valence-corrected chi connectivity index (χ4v) is 5.53. The molecule has 3 rings (SSSR count). The van der Waals surface area contributed by atoms with E-state index in [-0.39, 0.29) is 5.54 Å². The summed E-state index contributed by atoms with van der Waals surface area (Å²) in [4.78, 5) is 2.62. The SMILES string of the molecule is CCCCCCCCN1c2cc(C)c(N=Nc3snc(C)c3C#N)cc2C(C)CC1(C)C. The molecular weight excluding hydrogens is 414 g/mol. The summed E-state index contributed by atoms with van der Waals surface area (Å²) in [6.45, 7) is 14.4. The van der Waals surface area contributed by atoms with Crippen LogP contribution in [-0.4, -0.2) is 16.5 Å². The molecule has 0 amide bonds. The van der Waals surface area contributed by atoms with Gasteiger partial charge in [-0.05, 0) is 81.2 Å². The van der Waals surface area contributed by atoms with Crippen molar-refractivity contribution in [3.63, 3.8) is 0 Å². The Hall–Kier alpha value is -2.26. The molecule has 1 aliphatic heterocycles. The molecule has 2 heterocycles. The van der Waals surface area contributed by atoms with Gasteiger partial charge in [-0.25, -0.2) is 0 Å². The molecule has 32 heavy (non-hydrogen) atoms. The first kappa shape index (κ1) is 24.4. The number of nitriles is 1. The molecule has 0 spiro atoms. The minimum absolute atomic E-state index is 0.146. The largest absolute Gasteiger partial charge is 0.366 e. The van der Waals surface area contributed by atoms with Crippen LogP contribution in [0, 0.1) is 25.2 Å².